The Hall–Kier alpha value is -1.61. The van der Waals surface area contributed by atoms with Crippen molar-refractivity contribution in [2.75, 3.05) is 17.7 Å². The number of thioether (sulfide) groups is 1. The molecule has 0 spiro atoms. The molecule has 3 rings (SSSR count). The molecule has 0 saturated heterocycles. The molecule has 1 N–H and O–H groups in total. The summed E-state index contributed by atoms with van der Waals surface area (Å²) in [6.07, 6.45) is 7.14. The number of anilines is 2. The molecule has 0 bridgehead atoms. The lowest BCUT2D eigenvalue weighted by Gasteiger charge is -2.19. The van der Waals surface area contributed by atoms with Crippen LogP contribution >= 0.6 is 27.7 Å². The summed E-state index contributed by atoms with van der Waals surface area (Å²) in [7, 11) is 0. The highest BCUT2D eigenvalue weighted by Crippen LogP contribution is 2.26. The standard InChI is InChI=1S/C11H12BrN7S/c1-3-18(8-5-13-6-14-8)11-17-10(20-2)16-9-7(12)4-15-19(9)11/h4-6H,3H2,1-2H3,(H,13,14). The Labute approximate surface area is 128 Å². The monoisotopic (exact) mass is 353 g/mol. The lowest BCUT2D eigenvalue weighted by Crippen LogP contribution is -2.22. The molecular formula is C11H12BrN7S. The maximum Gasteiger partial charge on any atom is 0.236 e. The second kappa shape index (κ2) is 5.41. The van der Waals surface area contributed by atoms with Gasteiger partial charge in [0.1, 0.15) is 0 Å². The Bertz CT molecular complexity index is 724. The van der Waals surface area contributed by atoms with Crippen LogP contribution in [-0.2, 0) is 0 Å². The van der Waals surface area contributed by atoms with Crippen LogP contribution in [-0.4, -0.2) is 42.4 Å². The van der Waals surface area contributed by atoms with Gasteiger partial charge in [0.15, 0.2) is 16.6 Å². The highest BCUT2D eigenvalue weighted by molar-refractivity contribution is 9.10. The molecule has 0 amide bonds. The van der Waals surface area contributed by atoms with Crippen molar-refractivity contribution in [3.05, 3.63) is 23.2 Å². The molecule has 7 nitrogen and oxygen atoms in total. The maximum absolute atomic E-state index is 4.56. The number of aromatic amines is 1. The highest BCUT2D eigenvalue weighted by atomic mass is 79.9. The molecule has 0 saturated carbocycles. The van der Waals surface area contributed by atoms with E-state index in [1.165, 1.54) is 11.8 Å². The molecule has 0 aromatic carbocycles. The van der Waals surface area contributed by atoms with E-state index in [9.17, 15) is 0 Å². The normalized spacial score (nSPS) is 11.2. The third-order valence-electron chi connectivity index (χ3n) is 2.79. The van der Waals surface area contributed by atoms with Crippen LogP contribution in [0.1, 0.15) is 6.92 Å². The second-order valence-electron chi connectivity index (χ2n) is 3.91. The van der Waals surface area contributed by atoms with Crippen LogP contribution in [0.4, 0.5) is 11.8 Å². The van der Waals surface area contributed by atoms with Gasteiger partial charge in [0.2, 0.25) is 5.95 Å². The minimum atomic E-state index is 0.694. The summed E-state index contributed by atoms with van der Waals surface area (Å²) < 4.78 is 2.55. The maximum atomic E-state index is 4.56. The summed E-state index contributed by atoms with van der Waals surface area (Å²) in [6, 6.07) is 0. The van der Waals surface area contributed by atoms with Crippen molar-refractivity contribution in [3.63, 3.8) is 0 Å². The van der Waals surface area contributed by atoms with E-state index in [-0.39, 0.29) is 0 Å². The molecule has 3 aromatic rings. The average molecular weight is 354 g/mol. The van der Waals surface area contributed by atoms with Gasteiger partial charge in [-0.2, -0.15) is 14.6 Å². The van der Waals surface area contributed by atoms with Gasteiger partial charge in [-0.1, -0.05) is 11.8 Å². The van der Waals surface area contributed by atoms with E-state index in [1.54, 1.807) is 17.0 Å². The summed E-state index contributed by atoms with van der Waals surface area (Å²) in [6.45, 7) is 2.77. The minimum absolute atomic E-state index is 0.694. The molecule has 3 aromatic heterocycles. The number of fused-ring (bicyclic) bond motifs is 1. The van der Waals surface area contributed by atoms with Gasteiger partial charge in [-0.15, -0.1) is 0 Å². The van der Waals surface area contributed by atoms with Crippen LogP contribution in [0.2, 0.25) is 0 Å². The first-order chi connectivity index (χ1) is 9.74. The summed E-state index contributed by atoms with van der Waals surface area (Å²) in [4.78, 5) is 18.2. The van der Waals surface area contributed by atoms with E-state index in [0.29, 0.717) is 11.1 Å². The van der Waals surface area contributed by atoms with E-state index >= 15 is 0 Å². The largest absolute Gasteiger partial charge is 0.349 e. The first-order valence-electron chi connectivity index (χ1n) is 5.96. The van der Waals surface area contributed by atoms with Crippen molar-refractivity contribution >= 4 is 45.1 Å². The molecule has 20 heavy (non-hydrogen) atoms. The van der Waals surface area contributed by atoms with Gasteiger partial charge in [-0.3, -0.25) is 4.90 Å². The molecule has 0 fully saturated rings. The predicted molar refractivity (Wildman–Crippen MR) is 81.5 cm³/mol. The Morgan fingerprint density at radius 3 is 2.95 bits per heavy atom. The van der Waals surface area contributed by atoms with Crippen molar-refractivity contribution in [2.45, 2.75) is 12.1 Å². The van der Waals surface area contributed by atoms with Crippen molar-refractivity contribution in [2.24, 2.45) is 0 Å². The van der Waals surface area contributed by atoms with E-state index in [0.717, 1.165) is 22.5 Å². The summed E-state index contributed by atoms with van der Waals surface area (Å²) in [5.41, 5.74) is 0.744. The zero-order valence-corrected chi connectivity index (χ0v) is 13.3. The number of H-pyrrole nitrogens is 1. The molecule has 3 heterocycles. The number of imidazole rings is 1. The number of aromatic nitrogens is 6. The fourth-order valence-corrected chi connectivity index (χ4v) is 2.59. The Morgan fingerprint density at radius 2 is 2.30 bits per heavy atom. The Kier molecular flexibility index (Phi) is 3.62. The predicted octanol–water partition coefficient (Wildman–Crippen LogP) is 2.49. The number of hydrogen-bond acceptors (Lipinski definition) is 6. The van der Waals surface area contributed by atoms with Gasteiger partial charge in [0, 0.05) is 12.7 Å². The van der Waals surface area contributed by atoms with Gasteiger partial charge < -0.3 is 4.98 Å². The molecule has 0 aliphatic rings. The molecule has 104 valence electrons. The molecule has 0 atom stereocenters. The minimum Gasteiger partial charge on any atom is -0.349 e. The lowest BCUT2D eigenvalue weighted by molar-refractivity contribution is 0.791. The first-order valence-corrected chi connectivity index (χ1v) is 7.98. The summed E-state index contributed by atoms with van der Waals surface area (Å²) >= 11 is 4.96. The van der Waals surface area contributed by atoms with Crippen molar-refractivity contribution < 1.29 is 0 Å². The molecule has 0 aliphatic carbocycles. The van der Waals surface area contributed by atoms with Crippen LogP contribution in [0.3, 0.4) is 0 Å². The highest BCUT2D eigenvalue weighted by Gasteiger charge is 2.18. The fraction of sp³-hybridized carbons (Fsp3) is 0.273. The molecule has 0 aliphatic heterocycles. The lowest BCUT2D eigenvalue weighted by atomic mass is 10.5. The number of nitrogens with one attached hydrogen (secondary N) is 1. The average Bonchev–Trinajstić information content (AvgIpc) is 3.10. The van der Waals surface area contributed by atoms with Gasteiger partial charge in [-0.05, 0) is 29.1 Å². The van der Waals surface area contributed by atoms with Crippen LogP contribution in [0.25, 0.3) is 5.65 Å². The van der Waals surface area contributed by atoms with E-state index in [4.69, 9.17) is 0 Å². The number of rotatable bonds is 4. The zero-order chi connectivity index (χ0) is 14.1. The molecule has 0 radical (unpaired) electrons. The number of halogens is 1. The van der Waals surface area contributed by atoms with Crippen molar-refractivity contribution in [3.8, 4) is 0 Å². The molecule has 9 heteroatoms. The van der Waals surface area contributed by atoms with Gasteiger partial charge in [-0.25, -0.2) is 9.97 Å². The molecule has 0 unspecified atom stereocenters. The Balaban J connectivity index is 2.23. The van der Waals surface area contributed by atoms with Gasteiger partial charge in [0.25, 0.3) is 0 Å². The summed E-state index contributed by atoms with van der Waals surface area (Å²) in [5.74, 6) is 1.49. The zero-order valence-electron chi connectivity index (χ0n) is 10.9. The van der Waals surface area contributed by atoms with Crippen LogP contribution in [0.15, 0.2) is 28.4 Å². The fourth-order valence-electron chi connectivity index (χ4n) is 1.89. The SMILES string of the molecule is CCN(c1c[nH]cn1)c1nc(SC)nc2c(Br)cnn12. The van der Waals surface area contributed by atoms with Gasteiger partial charge in [0.05, 0.1) is 17.0 Å². The van der Waals surface area contributed by atoms with Crippen molar-refractivity contribution in [1.82, 2.24) is 29.5 Å². The topological polar surface area (TPSA) is 75.0 Å². The van der Waals surface area contributed by atoms with Crippen molar-refractivity contribution in [1.29, 1.82) is 0 Å². The van der Waals surface area contributed by atoms with E-state index < -0.39 is 0 Å². The smallest absolute Gasteiger partial charge is 0.236 e. The third kappa shape index (κ3) is 2.16. The van der Waals surface area contributed by atoms with E-state index in [1.807, 2.05) is 24.3 Å². The van der Waals surface area contributed by atoms with Crippen LogP contribution in [0, 0.1) is 0 Å². The summed E-state index contributed by atoms with van der Waals surface area (Å²) in [5, 5.41) is 5.03. The third-order valence-corrected chi connectivity index (χ3v) is 3.90. The van der Waals surface area contributed by atoms with E-state index in [2.05, 4.69) is 41.0 Å². The van der Waals surface area contributed by atoms with Gasteiger partial charge >= 0.3 is 0 Å². The number of nitrogens with zero attached hydrogens (tertiary/aromatic N) is 6. The first kappa shape index (κ1) is 13.4. The van der Waals surface area contributed by atoms with Crippen LogP contribution in [0.5, 0.6) is 0 Å². The molecular weight excluding hydrogens is 342 g/mol. The number of hydrogen-bond donors (Lipinski definition) is 1. The second-order valence-corrected chi connectivity index (χ2v) is 5.54. The van der Waals surface area contributed by atoms with Crippen LogP contribution < -0.4 is 4.90 Å². The quantitative estimate of drug-likeness (QED) is 0.726. The Morgan fingerprint density at radius 1 is 1.45 bits per heavy atom.